The molecule has 24 heavy (non-hydrogen) atoms. The molecule has 1 N–H and O–H groups in total. The van der Waals surface area contributed by atoms with Crippen molar-refractivity contribution in [2.45, 2.75) is 0 Å². The summed E-state index contributed by atoms with van der Waals surface area (Å²) in [6, 6.07) is 9.76. The Kier molecular flexibility index (Phi) is 5.73. The molecular formula is C17H13F2NO4. The Bertz CT molecular complexity index is 759. The zero-order valence-corrected chi connectivity index (χ0v) is 12.4. The number of carbonyl (C=O) groups excluding carboxylic acids is 3. The van der Waals surface area contributed by atoms with Gasteiger partial charge in [-0.05, 0) is 42.5 Å². The molecule has 0 saturated heterocycles. The molecule has 0 spiro atoms. The fraction of sp³-hybridized carbons (Fsp3) is 0.118. The van der Waals surface area contributed by atoms with Crippen molar-refractivity contribution in [3.63, 3.8) is 0 Å². The van der Waals surface area contributed by atoms with Crippen LogP contribution in [-0.2, 0) is 9.53 Å². The van der Waals surface area contributed by atoms with Crippen molar-refractivity contribution in [2.24, 2.45) is 0 Å². The summed E-state index contributed by atoms with van der Waals surface area (Å²) >= 11 is 0. The first kappa shape index (κ1) is 17.3. The average Bonchev–Trinajstić information content (AvgIpc) is 2.58. The first-order valence-corrected chi connectivity index (χ1v) is 6.94. The van der Waals surface area contributed by atoms with Crippen LogP contribution in [0.2, 0.25) is 0 Å². The fourth-order valence-corrected chi connectivity index (χ4v) is 1.80. The maximum absolute atomic E-state index is 13.0. The zero-order chi connectivity index (χ0) is 17.5. The van der Waals surface area contributed by atoms with Gasteiger partial charge in [-0.3, -0.25) is 14.4 Å². The summed E-state index contributed by atoms with van der Waals surface area (Å²) in [5.41, 5.74) is 0.262. The lowest BCUT2D eigenvalue weighted by Gasteiger charge is -2.06. The largest absolute Gasteiger partial charge is 0.456 e. The summed E-state index contributed by atoms with van der Waals surface area (Å²) in [7, 11) is 0. The third kappa shape index (κ3) is 4.98. The van der Waals surface area contributed by atoms with E-state index in [1.54, 1.807) is 0 Å². The number of Topliss-reactive ketones (excluding diaryl/α,β-unsaturated/α-hetero) is 1. The molecule has 1 amide bonds. The van der Waals surface area contributed by atoms with Gasteiger partial charge in [0.2, 0.25) is 0 Å². The average molecular weight is 333 g/mol. The van der Waals surface area contributed by atoms with Gasteiger partial charge in [0.1, 0.15) is 18.2 Å². The van der Waals surface area contributed by atoms with Crippen LogP contribution in [0.1, 0.15) is 20.7 Å². The van der Waals surface area contributed by atoms with E-state index in [9.17, 15) is 23.2 Å². The summed E-state index contributed by atoms with van der Waals surface area (Å²) < 4.78 is 30.5. The van der Waals surface area contributed by atoms with E-state index in [0.717, 1.165) is 18.2 Å². The lowest BCUT2D eigenvalue weighted by atomic mass is 10.1. The molecule has 2 aromatic rings. The van der Waals surface area contributed by atoms with E-state index in [2.05, 4.69) is 5.32 Å². The second kappa shape index (κ2) is 7.96. The number of amides is 1. The van der Waals surface area contributed by atoms with Gasteiger partial charge in [-0.25, -0.2) is 8.78 Å². The van der Waals surface area contributed by atoms with Crippen LogP contribution in [0.4, 0.5) is 8.78 Å². The topological polar surface area (TPSA) is 72.5 Å². The molecule has 0 bridgehead atoms. The van der Waals surface area contributed by atoms with Gasteiger partial charge in [0.05, 0.1) is 0 Å². The van der Waals surface area contributed by atoms with Crippen LogP contribution in [0.25, 0.3) is 0 Å². The highest BCUT2D eigenvalue weighted by atomic mass is 19.1. The van der Waals surface area contributed by atoms with Crippen LogP contribution in [0.15, 0.2) is 48.5 Å². The quantitative estimate of drug-likeness (QED) is 0.649. The molecular weight excluding hydrogens is 320 g/mol. The predicted molar refractivity (Wildman–Crippen MR) is 80.4 cm³/mol. The van der Waals surface area contributed by atoms with Crippen molar-refractivity contribution in [3.8, 4) is 0 Å². The van der Waals surface area contributed by atoms with Crippen molar-refractivity contribution >= 4 is 17.7 Å². The first-order chi connectivity index (χ1) is 11.5. The molecule has 0 heterocycles. The highest BCUT2D eigenvalue weighted by Gasteiger charge is 2.12. The number of hydrogen-bond acceptors (Lipinski definition) is 4. The Labute approximate surface area is 136 Å². The van der Waals surface area contributed by atoms with Gasteiger partial charge in [0.25, 0.3) is 5.91 Å². The van der Waals surface area contributed by atoms with Gasteiger partial charge in [-0.1, -0.05) is 6.07 Å². The molecule has 0 unspecified atom stereocenters. The van der Waals surface area contributed by atoms with E-state index >= 15 is 0 Å². The van der Waals surface area contributed by atoms with Crippen LogP contribution in [-0.4, -0.2) is 30.8 Å². The Balaban J connectivity index is 1.78. The van der Waals surface area contributed by atoms with Gasteiger partial charge in [-0.2, -0.15) is 0 Å². The molecule has 7 heteroatoms. The third-order valence-corrected chi connectivity index (χ3v) is 3.01. The summed E-state index contributed by atoms with van der Waals surface area (Å²) in [4.78, 5) is 34.9. The van der Waals surface area contributed by atoms with Gasteiger partial charge >= 0.3 is 5.97 Å². The first-order valence-electron chi connectivity index (χ1n) is 6.94. The number of nitrogens with one attached hydrogen (secondary N) is 1. The second-order valence-corrected chi connectivity index (χ2v) is 4.78. The van der Waals surface area contributed by atoms with Crippen LogP contribution >= 0.6 is 0 Å². The highest BCUT2D eigenvalue weighted by Crippen LogP contribution is 2.04. The summed E-state index contributed by atoms with van der Waals surface area (Å²) in [6.45, 7) is -0.994. The molecule has 0 saturated carbocycles. The minimum atomic E-state index is -0.824. The lowest BCUT2D eigenvalue weighted by Crippen LogP contribution is -2.31. The lowest BCUT2D eigenvalue weighted by molar-refractivity contribution is -0.141. The van der Waals surface area contributed by atoms with E-state index in [1.807, 2.05) is 0 Å². The Morgan fingerprint density at radius 3 is 2.29 bits per heavy atom. The molecule has 0 aliphatic carbocycles. The van der Waals surface area contributed by atoms with Crippen molar-refractivity contribution in [1.82, 2.24) is 5.32 Å². The standard InChI is InChI=1S/C17H13F2NO4/c18-13-6-4-11(5-7-13)15(21)10-24-16(22)9-20-17(23)12-2-1-3-14(19)8-12/h1-8H,9-10H2,(H,20,23). The maximum atomic E-state index is 13.0. The Hall–Kier alpha value is -3.09. The van der Waals surface area contributed by atoms with Crippen LogP contribution in [0.3, 0.4) is 0 Å². The molecule has 2 aromatic carbocycles. The summed E-state index contributed by atoms with van der Waals surface area (Å²) in [5, 5.41) is 2.26. The van der Waals surface area contributed by atoms with Gasteiger partial charge in [-0.15, -0.1) is 0 Å². The number of hydrogen-bond donors (Lipinski definition) is 1. The van der Waals surface area contributed by atoms with E-state index in [-0.39, 0.29) is 11.1 Å². The normalized spacial score (nSPS) is 10.1. The number of carbonyl (C=O) groups is 3. The minimum absolute atomic E-state index is 0.0604. The fourth-order valence-electron chi connectivity index (χ4n) is 1.80. The number of ether oxygens (including phenoxy) is 1. The molecule has 0 aliphatic rings. The molecule has 124 valence electrons. The van der Waals surface area contributed by atoms with Crippen molar-refractivity contribution in [1.29, 1.82) is 0 Å². The maximum Gasteiger partial charge on any atom is 0.325 e. The van der Waals surface area contributed by atoms with Crippen molar-refractivity contribution < 1.29 is 27.9 Å². The predicted octanol–water partition coefficient (Wildman–Crippen LogP) is 2.12. The molecule has 2 rings (SSSR count). The van der Waals surface area contributed by atoms with Gasteiger partial charge in [0.15, 0.2) is 12.4 Å². The smallest absolute Gasteiger partial charge is 0.325 e. The monoisotopic (exact) mass is 333 g/mol. The SMILES string of the molecule is O=C(CNC(=O)c1cccc(F)c1)OCC(=O)c1ccc(F)cc1. The molecule has 0 radical (unpaired) electrons. The van der Waals surface area contributed by atoms with E-state index in [1.165, 1.54) is 30.3 Å². The van der Waals surface area contributed by atoms with Crippen molar-refractivity contribution in [2.75, 3.05) is 13.2 Å². The van der Waals surface area contributed by atoms with Gasteiger partial charge in [0, 0.05) is 11.1 Å². The van der Waals surface area contributed by atoms with Crippen LogP contribution in [0, 0.1) is 11.6 Å². The molecule has 0 aromatic heterocycles. The Morgan fingerprint density at radius 1 is 0.917 bits per heavy atom. The minimum Gasteiger partial charge on any atom is -0.456 e. The number of ketones is 1. The third-order valence-electron chi connectivity index (χ3n) is 3.01. The Morgan fingerprint density at radius 2 is 1.62 bits per heavy atom. The molecule has 5 nitrogen and oxygen atoms in total. The molecule has 0 atom stereocenters. The number of benzene rings is 2. The van der Waals surface area contributed by atoms with E-state index in [4.69, 9.17) is 4.74 Å². The molecule has 0 fully saturated rings. The van der Waals surface area contributed by atoms with Gasteiger partial charge < -0.3 is 10.1 Å². The molecule has 0 aliphatic heterocycles. The number of rotatable bonds is 6. The number of halogens is 2. The highest BCUT2D eigenvalue weighted by molar-refractivity contribution is 5.98. The summed E-state index contributed by atoms with van der Waals surface area (Å²) in [5.74, 6) is -3.02. The second-order valence-electron chi connectivity index (χ2n) is 4.78. The summed E-state index contributed by atoms with van der Waals surface area (Å²) in [6.07, 6.45) is 0. The van der Waals surface area contributed by atoms with E-state index in [0.29, 0.717) is 0 Å². The van der Waals surface area contributed by atoms with Crippen LogP contribution < -0.4 is 5.32 Å². The van der Waals surface area contributed by atoms with Crippen molar-refractivity contribution in [3.05, 3.63) is 71.3 Å². The number of esters is 1. The zero-order valence-electron chi connectivity index (χ0n) is 12.4. The van der Waals surface area contributed by atoms with Crippen LogP contribution in [0.5, 0.6) is 0 Å². The van der Waals surface area contributed by atoms with E-state index < -0.39 is 42.4 Å².